The van der Waals surface area contributed by atoms with Gasteiger partial charge in [0.05, 0.1) is 16.3 Å². The number of sulfone groups is 1. The molecule has 1 N–H and O–H groups in total. The Labute approximate surface area is 140 Å². The molecule has 1 aliphatic heterocycles. The van der Waals surface area contributed by atoms with E-state index in [1.807, 2.05) is 6.07 Å². The fourth-order valence-electron chi connectivity index (χ4n) is 2.70. The number of aromatic nitrogens is 2. The van der Waals surface area contributed by atoms with Crippen molar-refractivity contribution in [2.45, 2.75) is 43.2 Å². The summed E-state index contributed by atoms with van der Waals surface area (Å²) < 4.78 is 30.9. The van der Waals surface area contributed by atoms with Gasteiger partial charge >= 0.3 is 6.09 Å². The minimum Gasteiger partial charge on any atom is -0.444 e. The van der Waals surface area contributed by atoms with Gasteiger partial charge in [-0.25, -0.2) is 18.2 Å². The zero-order valence-corrected chi connectivity index (χ0v) is 14.8. The fraction of sp³-hybridized carbons (Fsp3) is 0.500. The highest BCUT2D eigenvalue weighted by molar-refractivity contribution is 7.91. The van der Waals surface area contributed by atoms with Gasteiger partial charge in [0, 0.05) is 13.1 Å². The molecule has 1 fully saturated rings. The van der Waals surface area contributed by atoms with E-state index in [1.54, 1.807) is 39.0 Å². The van der Waals surface area contributed by atoms with Gasteiger partial charge in [-0.3, -0.25) is 0 Å². The Morgan fingerprint density at radius 2 is 2.04 bits per heavy atom. The molecule has 2 heterocycles. The lowest BCUT2D eigenvalue weighted by Crippen LogP contribution is -2.36. The molecule has 8 heteroatoms. The summed E-state index contributed by atoms with van der Waals surface area (Å²) in [6, 6.07) is 7.16. The molecule has 7 nitrogen and oxygen atoms in total. The normalized spacial score (nSPS) is 19.0. The van der Waals surface area contributed by atoms with Crippen LogP contribution in [-0.2, 0) is 14.6 Å². The Bertz CT molecular complexity index is 834. The molecule has 0 saturated carbocycles. The third-order valence-corrected chi connectivity index (χ3v) is 5.87. The Morgan fingerprint density at radius 1 is 1.33 bits per heavy atom. The van der Waals surface area contributed by atoms with E-state index in [4.69, 9.17) is 4.74 Å². The summed E-state index contributed by atoms with van der Waals surface area (Å²) in [7, 11) is -3.63. The van der Waals surface area contributed by atoms with Crippen molar-refractivity contribution in [1.29, 1.82) is 0 Å². The molecule has 0 spiro atoms. The number of aromatic amines is 1. The van der Waals surface area contributed by atoms with E-state index in [0.717, 1.165) is 0 Å². The third-order valence-electron chi connectivity index (χ3n) is 3.87. The standard InChI is InChI=1S/C16H21N3O4S/c1-16(2,3)23-15(20)19-9-8-11(10-19)24(21,22)14-17-12-6-4-5-7-13(12)18-14/h4-7,11H,8-10H2,1-3H3,(H,17,18). The van der Waals surface area contributed by atoms with Gasteiger partial charge < -0.3 is 14.6 Å². The molecule has 1 saturated heterocycles. The monoisotopic (exact) mass is 351 g/mol. The van der Waals surface area contributed by atoms with Crippen LogP contribution in [0.3, 0.4) is 0 Å². The first-order valence-electron chi connectivity index (χ1n) is 7.83. The summed E-state index contributed by atoms with van der Waals surface area (Å²) in [6.07, 6.45) is -0.108. The molecule has 0 bridgehead atoms. The number of amides is 1. The number of ether oxygens (including phenoxy) is 1. The predicted octanol–water partition coefficient (Wildman–Crippen LogP) is 2.35. The van der Waals surface area contributed by atoms with Crippen molar-refractivity contribution < 1.29 is 17.9 Å². The number of para-hydroxylation sites is 2. The highest BCUT2D eigenvalue weighted by atomic mass is 32.2. The van der Waals surface area contributed by atoms with Crippen molar-refractivity contribution in [2.75, 3.05) is 13.1 Å². The van der Waals surface area contributed by atoms with Crippen molar-refractivity contribution in [2.24, 2.45) is 0 Å². The first kappa shape index (κ1) is 16.8. The van der Waals surface area contributed by atoms with Crippen LogP contribution in [0.4, 0.5) is 4.79 Å². The van der Waals surface area contributed by atoms with Gasteiger partial charge in [0.15, 0.2) is 0 Å². The van der Waals surface area contributed by atoms with Crippen molar-refractivity contribution >= 4 is 27.0 Å². The molecule has 3 rings (SSSR count). The summed E-state index contributed by atoms with van der Waals surface area (Å²) in [5.74, 6) is 0. The molecule has 24 heavy (non-hydrogen) atoms. The van der Waals surface area contributed by atoms with Crippen LogP contribution in [0.1, 0.15) is 27.2 Å². The summed E-state index contributed by atoms with van der Waals surface area (Å²) in [5, 5.41) is -0.717. The molecule has 130 valence electrons. The molecule has 1 atom stereocenters. The third kappa shape index (κ3) is 3.24. The molecule has 1 aromatic carbocycles. The number of imidazole rings is 1. The Hall–Kier alpha value is -2.09. The number of hydrogen-bond acceptors (Lipinski definition) is 5. The van der Waals surface area contributed by atoms with Crippen molar-refractivity contribution in [3.8, 4) is 0 Å². The largest absolute Gasteiger partial charge is 0.444 e. The molecule has 1 aromatic heterocycles. The van der Waals surface area contributed by atoms with Gasteiger partial charge in [0.1, 0.15) is 5.60 Å². The van der Waals surface area contributed by atoms with Gasteiger partial charge in [-0.2, -0.15) is 0 Å². The highest BCUT2D eigenvalue weighted by Gasteiger charge is 2.39. The topological polar surface area (TPSA) is 92.4 Å². The smallest absolute Gasteiger partial charge is 0.410 e. The molecule has 0 radical (unpaired) electrons. The van der Waals surface area contributed by atoms with Gasteiger partial charge in [0.25, 0.3) is 0 Å². The molecule has 1 aliphatic rings. The average Bonchev–Trinajstić information content (AvgIpc) is 3.13. The number of benzene rings is 1. The van der Waals surface area contributed by atoms with Crippen LogP contribution in [0.25, 0.3) is 11.0 Å². The van der Waals surface area contributed by atoms with Crippen molar-refractivity contribution in [3.05, 3.63) is 24.3 Å². The van der Waals surface area contributed by atoms with Gasteiger partial charge in [0.2, 0.25) is 15.0 Å². The Balaban J connectivity index is 1.78. The molecule has 1 unspecified atom stereocenters. The second kappa shape index (κ2) is 5.77. The van der Waals surface area contributed by atoms with E-state index in [2.05, 4.69) is 9.97 Å². The summed E-state index contributed by atoms with van der Waals surface area (Å²) >= 11 is 0. The Morgan fingerprint density at radius 3 is 2.71 bits per heavy atom. The quantitative estimate of drug-likeness (QED) is 0.896. The number of H-pyrrole nitrogens is 1. The minimum absolute atomic E-state index is 0.0419. The average molecular weight is 351 g/mol. The lowest BCUT2D eigenvalue weighted by Gasteiger charge is -2.24. The maximum atomic E-state index is 12.8. The molecular weight excluding hydrogens is 330 g/mol. The van der Waals surface area contributed by atoms with E-state index in [0.29, 0.717) is 24.0 Å². The van der Waals surface area contributed by atoms with Gasteiger partial charge in [-0.15, -0.1) is 0 Å². The lowest BCUT2D eigenvalue weighted by atomic mass is 10.2. The maximum Gasteiger partial charge on any atom is 0.410 e. The van der Waals surface area contributed by atoms with E-state index < -0.39 is 26.8 Å². The SMILES string of the molecule is CC(C)(C)OC(=O)N1CCC(S(=O)(=O)c2nc3ccccc3[nH]2)C1. The number of fused-ring (bicyclic) bond motifs is 1. The minimum atomic E-state index is -3.63. The van der Waals surface area contributed by atoms with Crippen LogP contribution in [0.15, 0.2) is 29.4 Å². The Kier molecular flexibility index (Phi) is 4.03. The van der Waals surface area contributed by atoms with Crippen LogP contribution in [0, 0.1) is 0 Å². The van der Waals surface area contributed by atoms with Crippen molar-refractivity contribution in [3.63, 3.8) is 0 Å². The number of carbonyl (C=O) groups excluding carboxylic acids is 1. The zero-order valence-electron chi connectivity index (χ0n) is 13.9. The van der Waals surface area contributed by atoms with E-state index >= 15 is 0 Å². The van der Waals surface area contributed by atoms with Crippen LogP contribution < -0.4 is 0 Å². The highest BCUT2D eigenvalue weighted by Crippen LogP contribution is 2.25. The summed E-state index contributed by atoms with van der Waals surface area (Å²) in [6.45, 7) is 5.82. The first-order chi connectivity index (χ1) is 11.2. The predicted molar refractivity (Wildman–Crippen MR) is 89.5 cm³/mol. The second-order valence-corrected chi connectivity index (χ2v) is 9.08. The summed E-state index contributed by atoms with van der Waals surface area (Å²) in [4.78, 5) is 20.6. The van der Waals surface area contributed by atoms with Crippen LogP contribution in [-0.4, -0.2) is 53.3 Å². The van der Waals surface area contributed by atoms with E-state index in [9.17, 15) is 13.2 Å². The molecule has 2 aromatic rings. The van der Waals surface area contributed by atoms with E-state index in [1.165, 1.54) is 4.90 Å². The molecule has 0 aliphatic carbocycles. The second-order valence-electron chi connectivity index (χ2n) is 6.94. The van der Waals surface area contributed by atoms with E-state index in [-0.39, 0.29) is 11.7 Å². The summed E-state index contributed by atoms with van der Waals surface area (Å²) in [5.41, 5.74) is 0.684. The number of rotatable bonds is 2. The van der Waals surface area contributed by atoms with Gasteiger partial charge in [-0.05, 0) is 39.3 Å². The van der Waals surface area contributed by atoms with Crippen LogP contribution in [0.5, 0.6) is 0 Å². The fourth-order valence-corrected chi connectivity index (χ4v) is 4.28. The first-order valence-corrected chi connectivity index (χ1v) is 9.38. The van der Waals surface area contributed by atoms with Gasteiger partial charge in [-0.1, -0.05) is 12.1 Å². The molecule has 1 amide bonds. The van der Waals surface area contributed by atoms with Crippen LogP contribution >= 0.6 is 0 Å². The molecular formula is C16H21N3O4S. The number of hydrogen-bond donors (Lipinski definition) is 1. The zero-order chi connectivity index (χ0) is 17.5. The lowest BCUT2D eigenvalue weighted by molar-refractivity contribution is 0.0295. The van der Waals surface area contributed by atoms with Crippen LogP contribution in [0.2, 0.25) is 0 Å². The number of likely N-dealkylation sites (tertiary alicyclic amines) is 1. The van der Waals surface area contributed by atoms with Crippen molar-refractivity contribution in [1.82, 2.24) is 14.9 Å². The number of nitrogens with one attached hydrogen (secondary N) is 1. The number of carbonyl (C=O) groups is 1. The number of nitrogens with zero attached hydrogens (tertiary/aromatic N) is 2. The maximum absolute atomic E-state index is 12.8.